The van der Waals surface area contributed by atoms with Crippen LogP contribution in [0.15, 0.2) is 31.0 Å². The normalized spacial score (nSPS) is 41.6. The van der Waals surface area contributed by atoms with Crippen LogP contribution in [0.2, 0.25) is 0 Å². The summed E-state index contributed by atoms with van der Waals surface area (Å²) < 4.78 is 4.94. The molecule has 0 aromatic heterocycles. The molecular formula is C20H25IO2. The van der Waals surface area contributed by atoms with Gasteiger partial charge in [-0.2, -0.15) is 0 Å². The van der Waals surface area contributed by atoms with E-state index in [1.807, 2.05) is 0 Å². The summed E-state index contributed by atoms with van der Waals surface area (Å²) in [6.45, 7) is 5.98. The number of ether oxygens (including phenoxy) is 1. The van der Waals surface area contributed by atoms with Crippen molar-refractivity contribution in [2.75, 3.05) is 0 Å². The van der Waals surface area contributed by atoms with Crippen LogP contribution in [0.4, 0.5) is 0 Å². The second-order valence-corrected chi connectivity index (χ2v) is 9.60. The maximum Gasteiger partial charge on any atom is 0.126 e. The van der Waals surface area contributed by atoms with Gasteiger partial charge in [-0.15, -0.1) is 0 Å². The topological polar surface area (TPSA) is 29.5 Å². The minimum atomic E-state index is -0.512. The van der Waals surface area contributed by atoms with Gasteiger partial charge in [-0.3, -0.25) is 0 Å². The zero-order valence-corrected chi connectivity index (χ0v) is 15.9. The van der Waals surface area contributed by atoms with Crippen LogP contribution in [0.3, 0.4) is 0 Å². The Balaban J connectivity index is 1.67. The highest BCUT2D eigenvalue weighted by molar-refractivity contribution is 14.1. The van der Waals surface area contributed by atoms with E-state index in [1.54, 1.807) is 0 Å². The summed E-state index contributed by atoms with van der Waals surface area (Å²) >= 11 is 2.32. The quantitative estimate of drug-likeness (QED) is 0.402. The van der Waals surface area contributed by atoms with Crippen molar-refractivity contribution in [3.05, 3.63) is 42.2 Å². The van der Waals surface area contributed by atoms with Crippen molar-refractivity contribution in [2.45, 2.75) is 55.0 Å². The van der Waals surface area contributed by atoms with Crippen molar-refractivity contribution < 1.29 is 9.84 Å². The third-order valence-electron chi connectivity index (χ3n) is 6.97. The van der Waals surface area contributed by atoms with E-state index in [-0.39, 0.29) is 5.41 Å². The Morgan fingerprint density at radius 2 is 2.13 bits per heavy atom. The average molecular weight is 424 g/mol. The Kier molecular flexibility index (Phi) is 3.80. The van der Waals surface area contributed by atoms with Gasteiger partial charge in [-0.1, -0.05) is 19.6 Å². The fourth-order valence-electron chi connectivity index (χ4n) is 5.69. The van der Waals surface area contributed by atoms with E-state index in [0.717, 1.165) is 30.9 Å². The van der Waals surface area contributed by atoms with E-state index >= 15 is 0 Å². The summed E-state index contributed by atoms with van der Waals surface area (Å²) in [7, 11) is 0. The van der Waals surface area contributed by atoms with Crippen LogP contribution in [0.1, 0.15) is 56.1 Å². The molecule has 3 aliphatic rings. The van der Waals surface area contributed by atoms with Crippen molar-refractivity contribution in [3.63, 3.8) is 0 Å². The van der Waals surface area contributed by atoms with E-state index in [9.17, 15) is 5.11 Å². The highest BCUT2D eigenvalue weighted by Gasteiger charge is 2.60. The summed E-state index contributed by atoms with van der Waals surface area (Å²) in [4.78, 5) is 0. The zero-order chi connectivity index (χ0) is 16.2. The lowest BCUT2D eigenvalue weighted by molar-refractivity contribution is -0.0329. The van der Waals surface area contributed by atoms with Gasteiger partial charge >= 0.3 is 0 Å². The first-order valence-electron chi connectivity index (χ1n) is 8.78. The largest absolute Gasteiger partial charge is 0.466 e. The first kappa shape index (κ1) is 15.9. The number of fused-ring (bicyclic) bond motifs is 5. The molecule has 3 aliphatic carbocycles. The highest BCUT2D eigenvalue weighted by Crippen LogP contribution is 2.65. The summed E-state index contributed by atoms with van der Waals surface area (Å²) in [6, 6.07) is 6.56. The number of benzene rings is 1. The molecule has 0 bridgehead atoms. The Morgan fingerprint density at radius 3 is 2.91 bits per heavy atom. The van der Waals surface area contributed by atoms with E-state index in [1.165, 1.54) is 36.7 Å². The molecule has 23 heavy (non-hydrogen) atoms. The summed E-state index contributed by atoms with van der Waals surface area (Å²) in [5.41, 5.74) is 3.08. The molecule has 5 atom stereocenters. The minimum absolute atomic E-state index is 0.0954. The van der Waals surface area contributed by atoms with Crippen molar-refractivity contribution in [3.8, 4) is 5.75 Å². The van der Waals surface area contributed by atoms with Crippen LogP contribution in [-0.4, -0.2) is 8.71 Å². The first-order valence-corrected chi connectivity index (χ1v) is 9.86. The van der Waals surface area contributed by atoms with Gasteiger partial charge in [-0.05, 0) is 102 Å². The Labute approximate surface area is 152 Å². The van der Waals surface area contributed by atoms with Gasteiger partial charge in [-0.25, -0.2) is 0 Å². The second-order valence-electron chi connectivity index (χ2n) is 7.81. The summed E-state index contributed by atoms with van der Waals surface area (Å²) in [6.07, 6.45) is 8.37. The van der Waals surface area contributed by atoms with E-state index in [4.69, 9.17) is 4.74 Å². The first-order chi connectivity index (χ1) is 11.0. The molecule has 2 fully saturated rings. The highest BCUT2D eigenvalue weighted by atomic mass is 127. The van der Waals surface area contributed by atoms with Gasteiger partial charge in [0.1, 0.15) is 9.36 Å². The predicted octanol–water partition coefficient (Wildman–Crippen LogP) is 5.19. The van der Waals surface area contributed by atoms with Gasteiger partial charge in [0.25, 0.3) is 0 Å². The number of halogens is 1. The number of hydrogen-bond donors (Lipinski definition) is 1. The van der Waals surface area contributed by atoms with Crippen molar-refractivity contribution >= 4 is 22.6 Å². The van der Waals surface area contributed by atoms with Gasteiger partial charge in [0, 0.05) is 5.41 Å². The monoisotopic (exact) mass is 424 g/mol. The van der Waals surface area contributed by atoms with Crippen LogP contribution in [0.25, 0.3) is 0 Å². The maximum atomic E-state index is 10.9. The van der Waals surface area contributed by atoms with E-state index in [0.29, 0.717) is 11.8 Å². The summed E-state index contributed by atoms with van der Waals surface area (Å²) in [5.74, 6) is 2.97. The molecule has 1 aromatic carbocycles. The van der Waals surface area contributed by atoms with Crippen LogP contribution >= 0.6 is 22.6 Å². The van der Waals surface area contributed by atoms with Crippen molar-refractivity contribution in [2.24, 2.45) is 17.3 Å². The molecule has 0 aliphatic heterocycles. The second kappa shape index (κ2) is 5.48. The number of aryl methyl sites for hydroxylation is 1. The molecule has 0 amide bonds. The van der Waals surface area contributed by atoms with Crippen LogP contribution < -0.4 is 4.74 Å². The lowest BCUT2D eigenvalue weighted by atomic mass is 9.55. The third kappa shape index (κ3) is 2.30. The van der Waals surface area contributed by atoms with Crippen LogP contribution in [0, 0.1) is 17.3 Å². The summed E-state index contributed by atoms with van der Waals surface area (Å²) in [5, 5.41) is 10.9. The molecule has 0 spiro atoms. The maximum absolute atomic E-state index is 10.9. The minimum Gasteiger partial charge on any atom is -0.466 e. The van der Waals surface area contributed by atoms with Gasteiger partial charge in [0.15, 0.2) is 0 Å². The number of hydrogen-bond acceptors (Lipinski definition) is 2. The third-order valence-corrected chi connectivity index (χ3v) is 8.74. The number of rotatable bonds is 2. The fraction of sp³-hybridized carbons (Fsp3) is 0.600. The van der Waals surface area contributed by atoms with Crippen LogP contribution in [-0.2, 0) is 6.42 Å². The average Bonchev–Trinajstić information content (AvgIpc) is 2.77. The molecule has 1 aromatic rings. The lowest BCUT2D eigenvalue weighted by Crippen LogP contribution is -2.47. The van der Waals surface area contributed by atoms with Gasteiger partial charge in [0.05, 0.1) is 6.26 Å². The molecule has 1 N–H and O–H groups in total. The van der Waals surface area contributed by atoms with E-state index in [2.05, 4.69) is 54.3 Å². The predicted molar refractivity (Wildman–Crippen MR) is 101 cm³/mol. The van der Waals surface area contributed by atoms with Crippen LogP contribution in [0.5, 0.6) is 5.75 Å². The smallest absolute Gasteiger partial charge is 0.126 e. The van der Waals surface area contributed by atoms with Crippen molar-refractivity contribution in [1.29, 1.82) is 0 Å². The Bertz CT molecular complexity index is 639. The SMILES string of the molecule is C=COc1ccc2c(c1)CC[C@@H]1[C@@H]2CC[C@@]2(C)[C@H]1CC[C@@]2(O)I. The molecule has 0 radical (unpaired) electrons. The molecule has 0 heterocycles. The Hall–Kier alpha value is -0.550. The molecule has 4 rings (SSSR count). The molecule has 2 saturated carbocycles. The lowest BCUT2D eigenvalue weighted by Gasteiger charge is -2.52. The molecular weight excluding hydrogens is 399 g/mol. The molecule has 0 unspecified atom stereocenters. The van der Waals surface area contributed by atoms with Gasteiger partial charge < -0.3 is 9.84 Å². The zero-order valence-electron chi connectivity index (χ0n) is 13.7. The number of alkyl halides is 1. The number of aliphatic hydroxyl groups is 1. The Morgan fingerprint density at radius 1 is 1.30 bits per heavy atom. The van der Waals surface area contributed by atoms with E-state index < -0.39 is 3.61 Å². The molecule has 2 nitrogen and oxygen atoms in total. The van der Waals surface area contributed by atoms with Crippen molar-refractivity contribution in [1.82, 2.24) is 0 Å². The molecule has 0 saturated heterocycles. The standard InChI is InChI=1S/C20H25IO2/c1-3-23-14-5-7-15-13(12-14)4-6-17-16(15)8-10-19(2)18(17)9-11-20(19,21)22/h3,5,7,12,16-18,22H,1,4,6,8-11H2,2H3/t16-,17-,18+,19+,20+/m1/s1. The molecule has 3 heteroatoms. The fourth-order valence-corrected chi connectivity index (χ4v) is 6.67. The molecule has 124 valence electrons. The van der Waals surface area contributed by atoms with Gasteiger partial charge in [0.2, 0.25) is 0 Å².